The topological polar surface area (TPSA) is 141 Å². The number of nitrogens with one attached hydrogen (secondary N) is 1. The highest BCUT2D eigenvalue weighted by Gasteiger charge is 2.29. The molecule has 0 aliphatic heterocycles. The van der Waals surface area contributed by atoms with Crippen molar-refractivity contribution >= 4 is 33.2 Å². The highest BCUT2D eigenvalue weighted by molar-refractivity contribution is 7.92. The minimum atomic E-state index is -3.71. The summed E-state index contributed by atoms with van der Waals surface area (Å²) in [5.41, 5.74) is 2.49. The van der Waals surface area contributed by atoms with E-state index in [0.29, 0.717) is 13.0 Å². The summed E-state index contributed by atoms with van der Waals surface area (Å²) in [5.74, 6) is -2.01. The van der Waals surface area contributed by atoms with Crippen LogP contribution in [-0.4, -0.2) is 68.2 Å². The van der Waals surface area contributed by atoms with E-state index in [2.05, 4.69) is 5.32 Å². The van der Waals surface area contributed by atoms with Crippen LogP contribution < -0.4 is 9.62 Å². The zero-order chi connectivity index (χ0) is 36.3. The third-order valence-electron chi connectivity index (χ3n) is 8.99. The fraction of sp³-hybridized carbons (Fsp3) is 0.462. The largest absolute Gasteiger partial charge is 0.393 e. The van der Waals surface area contributed by atoms with Crippen molar-refractivity contribution in [2.24, 2.45) is 17.8 Å². The van der Waals surface area contributed by atoms with Crippen LogP contribution in [-0.2, 0) is 21.2 Å². The van der Waals surface area contributed by atoms with Crippen LogP contribution in [0.2, 0.25) is 0 Å². The molecule has 0 aliphatic rings. The van der Waals surface area contributed by atoms with Crippen LogP contribution in [0.1, 0.15) is 91.1 Å². The van der Waals surface area contributed by atoms with E-state index in [9.17, 15) is 33.0 Å². The van der Waals surface area contributed by atoms with Crippen molar-refractivity contribution in [3.63, 3.8) is 0 Å². The SMILES string of the molecule is CC(C)CNC(=O)[C@@H](CC[C@@H](O)[C@@H](CC(=O)c1cc(C(=O)C[C@H](C)c2ccccc2)cc(N(C)S(C)(=O)=O)c1)Cc1ccccc1)[C@H](C)O. The maximum atomic E-state index is 14.0. The van der Waals surface area contributed by atoms with Gasteiger partial charge in [-0.1, -0.05) is 81.4 Å². The van der Waals surface area contributed by atoms with E-state index in [1.54, 1.807) is 6.92 Å². The normalized spacial score (nSPS) is 14.8. The minimum absolute atomic E-state index is 0.0883. The van der Waals surface area contributed by atoms with Crippen molar-refractivity contribution in [2.75, 3.05) is 24.2 Å². The second kappa shape index (κ2) is 18.2. The molecule has 0 spiro atoms. The molecule has 3 N–H and O–H groups in total. The Morgan fingerprint density at radius 2 is 1.35 bits per heavy atom. The Bertz CT molecular complexity index is 1640. The summed E-state index contributed by atoms with van der Waals surface area (Å²) in [4.78, 5) is 40.4. The number of sulfonamides is 1. The van der Waals surface area contributed by atoms with E-state index in [4.69, 9.17) is 0 Å². The van der Waals surface area contributed by atoms with Crippen molar-refractivity contribution in [2.45, 2.75) is 77.9 Å². The predicted octanol–water partition coefficient (Wildman–Crippen LogP) is 5.80. The molecule has 5 atom stereocenters. The molecule has 0 aliphatic carbocycles. The lowest BCUT2D eigenvalue weighted by Gasteiger charge is -2.26. The van der Waals surface area contributed by atoms with Crippen LogP contribution >= 0.6 is 0 Å². The second-order valence-corrected chi connectivity index (χ2v) is 15.7. The molecule has 10 heteroatoms. The van der Waals surface area contributed by atoms with Crippen molar-refractivity contribution in [1.82, 2.24) is 5.32 Å². The number of aliphatic hydroxyl groups is 2. The molecule has 9 nitrogen and oxygen atoms in total. The molecule has 0 bridgehead atoms. The van der Waals surface area contributed by atoms with Gasteiger partial charge in [-0.25, -0.2) is 8.42 Å². The Morgan fingerprint density at radius 3 is 1.88 bits per heavy atom. The van der Waals surface area contributed by atoms with Crippen LogP contribution in [0.25, 0.3) is 0 Å². The van der Waals surface area contributed by atoms with Gasteiger partial charge < -0.3 is 15.5 Å². The molecular weight excluding hydrogens is 641 g/mol. The van der Waals surface area contributed by atoms with Gasteiger partial charge in [0.1, 0.15) is 0 Å². The number of rotatable bonds is 19. The Labute approximate surface area is 291 Å². The number of carbonyl (C=O) groups excluding carboxylic acids is 3. The molecule has 49 heavy (non-hydrogen) atoms. The molecule has 0 saturated heterocycles. The van der Waals surface area contributed by atoms with Crippen molar-refractivity contribution < 1.29 is 33.0 Å². The van der Waals surface area contributed by atoms with Crippen LogP contribution in [0, 0.1) is 17.8 Å². The van der Waals surface area contributed by atoms with Crippen LogP contribution in [0.5, 0.6) is 0 Å². The third-order valence-corrected chi connectivity index (χ3v) is 10.2. The molecule has 0 heterocycles. The van der Waals surface area contributed by atoms with E-state index in [1.807, 2.05) is 81.4 Å². The first-order valence-electron chi connectivity index (χ1n) is 16.9. The average Bonchev–Trinajstić information content (AvgIpc) is 3.06. The van der Waals surface area contributed by atoms with Crippen LogP contribution in [0.15, 0.2) is 78.9 Å². The lowest BCUT2D eigenvalue weighted by Crippen LogP contribution is -2.39. The highest BCUT2D eigenvalue weighted by Crippen LogP contribution is 2.29. The molecule has 0 saturated carbocycles. The number of hydrogen-bond acceptors (Lipinski definition) is 7. The number of benzene rings is 3. The van der Waals surface area contributed by atoms with Crippen molar-refractivity contribution in [3.05, 3.63) is 101 Å². The summed E-state index contributed by atoms with van der Waals surface area (Å²) in [6, 6.07) is 23.5. The maximum absolute atomic E-state index is 14.0. The zero-order valence-corrected chi connectivity index (χ0v) is 30.3. The maximum Gasteiger partial charge on any atom is 0.231 e. The van der Waals surface area contributed by atoms with Crippen molar-refractivity contribution in [3.8, 4) is 0 Å². The lowest BCUT2D eigenvalue weighted by molar-refractivity contribution is -0.128. The molecular formula is C39H52N2O7S. The molecule has 0 unspecified atom stereocenters. The van der Waals surface area contributed by atoms with Gasteiger partial charge in [0, 0.05) is 37.6 Å². The van der Waals surface area contributed by atoms with E-state index >= 15 is 0 Å². The second-order valence-electron chi connectivity index (χ2n) is 13.6. The molecule has 3 aromatic carbocycles. The van der Waals surface area contributed by atoms with Crippen molar-refractivity contribution in [1.29, 1.82) is 0 Å². The third kappa shape index (κ3) is 12.2. The molecule has 3 rings (SSSR count). The van der Waals surface area contributed by atoms with E-state index in [0.717, 1.165) is 21.7 Å². The molecule has 0 aromatic heterocycles. The Balaban J connectivity index is 1.91. The van der Waals surface area contributed by atoms with Gasteiger partial charge >= 0.3 is 0 Å². The summed E-state index contributed by atoms with van der Waals surface area (Å²) in [6.45, 7) is 7.92. The number of Topliss-reactive ketones (excluding diaryl/α,β-unsaturated/α-hetero) is 2. The van der Waals surface area contributed by atoms with Gasteiger partial charge in [0.2, 0.25) is 15.9 Å². The van der Waals surface area contributed by atoms with Gasteiger partial charge in [0.05, 0.1) is 30.1 Å². The Kier molecular flexibility index (Phi) is 14.7. The first-order valence-corrected chi connectivity index (χ1v) is 18.8. The standard InChI is InChI=1S/C39H52N2O7S/c1-26(2)25-40-39(46)35(28(4)42)17-18-36(43)31(20-29-13-9-7-10-14-29)24-38(45)33-21-32(22-34(23-33)41(5)49(6,47)48)37(44)19-27(3)30-15-11-8-12-16-30/h7-16,21-23,26-28,31,35-36,42-43H,17-20,24-25H2,1-6H3,(H,40,46)/t27-,28-,31+,35-,36+/m0/s1. The first kappa shape index (κ1) is 39.6. The first-order chi connectivity index (χ1) is 23.1. The number of anilines is 1. The fourth-order valence-electron chi connectivity index (χ4n) is 5.83. The number of carbonyl (C=O) groups is 3. The Hall–Kier alpha value is -3.86. The van der Waals surface area contributed by atoms with Gasteiger partial charge in [-0.2, -0.15) is 0 Å². The smallest absolute Gasteiger partial charge is 0.231 e. The Morgan fingerprint density at radius 1 is 0.796 bits per heavy atom. The average molecular weight is 693 g/mol. The summed E-state index contributed by atoms with van der Waals surface area (Å²) in [6.07, 6.45) is -0.0281. The monoisotopic (exact) mass is 692 g/mol. The van der Waals surface area contributed by atoms with Gasteiger partial charge in [0.15, 0.2) is 11.6 Å². The van der Waals surface area contributed by atoms with E-state index in [-0.39, 0.29) is 71.8 Å². The molecule has 1 amide bonds. The highest BCUT2D eigenvalue weighted by atomic mass is 32.2. The summed E-state index contributed by atoms with van der Waals surface area (Å²) in [7, 11) is -2.33. The molecule has 0 fully saturated rings. The number of aliphatic hydroxyl groups excluding tert-OH is 2. The predicted molar refractivity (Wildman–Crippen MR) is 194 cm³/mol. The summed E-state index contributed by atoms with van der Waals surface area (Å²) in [5, 5.41) is 24.7. The van der Waals surface area contributed by atoms with Crippen LogP contribution in [0.4, 0.5) is 5.69 Å². The minimum Gasteiger partial charge on any atom is -0.393 e. The van der Waals surface area contributed by atoms with Gasteiger partial charge in [0.25, 0.3) is 0 Å². The fourth-order valence-corrected chi connectivity index (χ4v) is 6.32. The van der Waals surface area contributed by atoms with Gasteiger partial charge in [-0.3, -0.25) is 18.7 Å². The molecule has 266 valence electrons. The number of hydrogen-bond donors (Lipinski definition) is 3. The van der Waals surface area contributed by atoms with Crippen LogP contribution in [0.3, 0.4) is 0 Å². The van der Waals surface area contributed by atoms with E-state index < -0.39 is 34.1 Å². The number of ketones is 2. The summed E-state index contributed by atoms with van der Waals surface area (Å²) >= 11 is 0. The summed E-state index contributed by atoms with van der Waals surface area (Å²) < 4.78 is 26.0. The van der Waals surface area contributed by atoms with Gasteiger partial charge in [-0.15, -0.1) is 0 Å². The molecule has 3 aromatic rings. The quantitative estimate of drug-likeness (QED) is 0.135. The number of amides is 1. The van der Waals surface area contributed by atoms with E-state index in [1.165, 1.54) is 25.2 Å². The van der Waals surface area contributed by atoms with Gasteiger partial charge in [-0.05, 0) is 73.3 Å². The zero-order valence-electron chi connectivity index (χ0n) is 29.5. The lowest BCUT2D eigenvalue weighted by atomic mass is 9.83. The molecule has 0 radical (unpaired) electrons. The number of nitrogens with zero attached hydrogens (tertiary/aromatic N) is 1.